The fourth-order valence-electron chi connectivity index (χ4n) is 2.27. The highest BCUT2D eigenvalue weighted by molar-refractivity contribution is 7.93. The van der Waals surface area contributed by atoms with Gasteiger partial charge in [0.2, 0.25) is 10.9 Å². The van der Waals surface area contributed by atoms with Crippen LogP contribution in [0.1, 0.15) is 17.5 Å². The van der Waals surface area contributed by atoms with E-state index < -0.39 is 26.4 Å². The Morgan fingerprint density at radius 2 is 1.97 bits per heavy atom. The third kappa shape index (κ3) is 4.73. The van der Waals surface area contributed by atoms with Crippen LogP contribution in [0.2, 0.25) is 0 Å². The molecule has 0 radical (unpaired) electrons. The number of nitro groups is 1. The molecule has 0 fully saturated rings. The molecule has 0 unspecified atom stereocenters. The number of hydrogen-bond acceptors (Lipinski definition) is 9. The topological polar surface area (TPSA) is 148 Å². The Morgan fingerprint density at radius 1 is 1.24 bits per heavy atom. The second kappa shape index (κ2) is 8.32. The van der Waals surface area contributed by atoms with E-state index in [1.165, 1.54) is 48.7 Å². The molecule has 0 aliphatic heterocycles. The van der Waals surface area contributed by atoms with Gasteiger partial charge in [0, 0.05) is 17.8 Å². The average Bonchev–Trinajstić information content (AvgIpc) is 3.14. The van der Waals surface area contributed by atoms with Gasteiger partial charge in [-0.15, -0.1) is 10.2 Å². The Labute approximate surface area is 169 Å². The van der Waals surface area contributed by atoms with Crippen molar-refractivity contribution in [1.82, 2.24) is 10.2 Å². The molecule has 0 atom stereocenters. The zero-order valence-electron chi connectivity index (χ0n) is 15.0. The van der Waals surface area contributed by atoms with Crippen LogP contribution in [0.4, 0.5) is 16.5 Å². The Kier molecular flexibility index (Phi) is 5.84. The lowest BCUT2D eigenvalue weighted by Gasteiger charge is -2.05. The van der Waals surface area contributed by atoms with E-state index in [1.54, 1.807) is 0 Å². The highest BCUT2D eigenvalue weighted by atomic mass is 32.2. The van der Waals surface area contributed by atoms with Gasteiger partial charge in [-0.3, -0.25) is 19.8 Å². The Bertz CT molecular complexity index is 1170. The van der Waals surface area contributed by atoms with Crippen molar-refractivity contribution in [3.05, 3.63) is 63.1 Å². The lowest BCUT2D eigenvalue weighted by molar-refractivity contribution is -0.385. The zero-order valence-corrected chi connectivity index (χ0v) is 16.6. The minimum Gasteiger partial charge on any atom is -0.502 e. The van der Waals surface area contributed by atoms with E-state index >= 15 is 0 Å². The van der Waals surface area contributed by atoms with Crippen molar-refractivity contribution in [2.45, 2.75) is 18.2 Å². The van der Waals surface area contributed by atoms with Crippen LogP contribution < -0.4 is 4.72 Å². The maximum absolute atomic E-state index is 12.4. The van der Waals surface area contributed by atoms with E-state index in [2.05, 4.69) is 19.9 Å². The molecule has 0 bridgehead atoms. The number of hydrogen-bond donors (Lipinski definition) is 2. The van der Waals surface area contributed by atoms with Gasteiger partial charge in [-0.25, -0.2) is 8.42 Å². The number of aromatic hydroxyl groups is 1. The molecule has 0 amide bonds. The molecule has 3 aromatic rings. The van der Waals surface area contributed by atoms with Crippen LogP contribution in [0.15, 0.2) is 52.4 Å². The van der Waals surface area contributed by atoms with E-state index in [0.717, 1.165) is 16.3 Å². The van der Waals surface area contributed by atoms with Crippen LogP contribution >= 0.6 is 11.3 Å². The van der Waals surface area contributed by atoms with Crippen molar-refractivity contribution in [2.75, 3.05) is 4.72 Å². The van der Waals surface area contributed by atoms with Crippen LogP contribution in [0.5, 0.6) is 5.75 Å². The maximum Gasteiger partial charge on any atom is 0.311 e. The number of rotatable bonds is 7. The highest BCUT2D eigenvalue weighted by Gasteiger charge is 2.17. The van der Waals surface area contributed by atoms with Crippen molar-refractivity contribution in [2.24, 2.45) is 4.99 Å². The second-order valence-electron chi connectivity index (χ2n) is 5.68. The standard InChI is InChI=1S/C17H15N5O5S2/c1-2-15-19-20-17(28-15)21-29(26,27)13-8-6-12(7-9-13)18-10-11-4-3-5-14(16(11)23)22(24)25/h3-10,23H,2H2,1H3,(H,20,21). The van der Waals surface area contributed by atoms with Crippen LogP contribution in [-0.2, 0) is 16.4 Å². The van der Waals surface area contributed by atoms with Gasteiger partial charge in [-0.2, -0.15) is 0 Å². The third-order valence-corrected chi connectivity index (χ3v) is 6.20. The van der Waals surface area contributed by atoms with E-state index in [4.69, 9.17) is 0 Å². The van der Waals surface area contributed by atoms with Gasteiger partial charge >= 0.3 is 5.69 Å². The molecule has 12 heteroatoms. The van der Waals surface area contributed by atoms with Gasteiger partial charge in [0.05, 0.1) is 15.5 Å². The van der Waals surface area contributed by atoms with Crippen molar-refractivity contribution in [1.29, 1.82) is 0 Å². The van der Waals surface area contributed by atoms with E-state index in [0.29, 0.717) is 12.1 Å². The van der Waals surface area contributed by atoms with Gasteiger partial charge in [-0.1, -0.05) is 24.3 Å². The molecular formula is C17H15N5O5S2. The van der Waals surface area contributed by atoms with Crippen molar-refractivity contribution in [3.8, 4) is 5.75 Å². The summed E-state index contributed by atoms with van der Waals surface area (Å²) in [6, 6.07) is 9.75. The van der Waals surface area contributed by atoms with Crippen molar-refractivity contribution < 1.29 is 18.4 Å². The monoisotopic (exact) mass is 433 g/mol. The first-order chi connectivity index (χ1) is 13.8. The summed E-state index contributed by atoms with van der Waals surface area (Å²) in [6.07, 6.45) is 1.92. The van der Waals surface area contributed by atoms with Gasteiger partial charge in [0.25, 0.3) is 10.0 Å². The molecule has 0 saturated heterocycles. The number of aromatic nitrogens is 2. The molecule has 0 saturated carbocycles. The maximum atomic E-state index is 12.4. The number of aliphatic imine (C=N–C) groups is 1. The summed E-state index contributed by atoms with van der Waals surface area (Å²) in [5, 5.41) is 29.3. The number of phenolic OH excluding ortho intramolecular Hbond substituents is 1. The lowest BCUT2D eigenvalue weighted by Crippen LogP contribution is -2.12. The molecule has 3 rings (SSSR count). The van der Waals surface area contributed by atoms with E-state index in [1.807, 2.05) is 6.92 Å². The summed E-state index contributed by atoms with van der Waals surface area (Å²) in [5.41, 5.74) is 0.143. The average molecular weight is 433 g/mol. The molecule has 1 aromatic heterocycles. The summed E-state index contributed by atoms with van der Waals surface area (Å²) in [7, 11) is -3.82. The van der Waals surface area contributed by atoms with Crippen LogP contribution in [0.25, 0.3) is 0 Å². The molecular weight excluding hydrogens is 418 g/mol. The number of phenols is 1. The predicted octanol–water partition coefficient (Wildman–Crippen LogP) is 3.27. The number of nitrogens with zero attached hydrogens (tertiary/aromatic N) is 4. The lowest BCUT2D eigenvalue weighted by atomic mass is 10.2. The SMILES string of the molecule is CCc1nnc(NS(=O)(=O)c2ccc(N=Cc3cccc([N+](=O)[O-])c3O)cc2)s1. The number of nitro benzene ring substituents is 1. The molecule has 0 aliphatic rings. The molecule has 0 spiro atoms. The first-order valence-electron chi connectivity index (χ1n) is 8.26. The number of aryl methyl sites for hydroxylation is 1. The molecule has 2 aromatic carbocycles. The fourth-order valence-corrected chi connectivity index (χ4v) is 4.18. The van der Waals surface area contributed by atoms with Crippen molar-refractivity contribution >= 4 is 44.1 Å². The second-order valence-corrected chi connectivity index (χ2v) is 8.43. The summed E-state index contributed by atoms with van der Waals surface area (Å²) in [6.45, 7) is 1.89. The summed E-state index contributed by atoms with van der Waals surface area (Å²) >= 11 is 1.16. The number of nitrogens with one attached hydrogen (secondary N) is 1. The van der Waals surface area contributed by atoms with Gasteiger partial charge in [0.1, 0.15) is 5.01 Å². The van der Waals surface area contributed by atoms with Gasteiger partial charge in [-0.05, 0) is 36.8 Å². The van der Waals surface area contributed by atoms with Crippen molar-refractivity contribution in [3.63, 3.8) is 0 Å². The molecule has 2 N–H and O–H groups in total. The summed E-state index contributed by atoms with van der Waals surface area (Å²) in [5.74, 6) is -0.492. The van der Waals surface area contributed by atoms with E-state index in [9.17, 15) is 23.6 Å². The Hall–Kier alpha value is -3.38. The van der Waals surface area contributed by atoms with E-state index in [-0.39, 0.29) is 15.6 Å². The normalized spacial score (nSPS) is 11.6. The predicted molar refractivity (Wildman–Crippen MR) is 109 cm³/mol. The van der Waals surface area contributed by atoms with Crippen LogP contribution in [-0.4, -0.2) is 34.9 Å². The highest BCUT2D eigenvalue weighted by Crippen LogP contribution is 2.28. The minimum absolute atomic E-state index is 0.0166. The third-order valence-electron chi connectivity index (χ3n) is 3.73. The number of benzene rings is 2. The van der Waals surface area contributed by atoms with Gasteiger partial charge < -0.3 is 5.11 Å². The largest absolute Gasteiger partial charge is 0.502 e. The summed E-state index contributed by atoms with van der Waals surface area (Å²) < 4.78 is 27.2. The number of anilines is 1. The molecule has 10 nitrogen and oxygen atoms in total. The van der Waals surface area contributed by atoms with Crippen LogP contribution in [0, 0.1) is 10.1 Å². The fraction of sp³-hybridized carbons (Fsp3) is 0.118. The quantitative estimate of drug-likeness (QED) is 0.330. The first kappa shape index (κ1) is 20.4. The first-order valence-corrected chi connectivity index (χ1v) is 10.6. The number of sulfonamides is 1. The minimum atomic E-state index is -3.82. The number of para-hydroxylation sites is 1. The summed E-state index contributed by atoms with van der Waals surface area (Å²) in [4.78, 5) is 14.3. The van der Waals surface area contributed by atoms with Gasteiger partial charge in [0.15, 0.2) is 0 Å². The Morgan fingerprint density at radius 3 is 2.59 bits per heavy atom. The molecule has 150 valence electrons. The molecule has 29 heavy (non-hydrogen) atoms. The molecule has 1 heterocycles. The Balaban J connectivity index is 1.77. The zero-order chi connectivity index (χ0) is 21.0. The smallest absolute Gasteiger partial charge is 0.311 e. The van der Waals surface area contributed by atoms with Crippen LogP contribution in [0.3, 0.4) is 0 Å². The molecule has 0 aliphatic carbocycles.